The predicted molar refractivity (Wildman–Crippen MR) is 73.0 cm³/mol. The van der Waals surface area contributed by atoms with Crippen LogP contribution in [0.25, 0.3) is 0 Å². The number of thioether (sulfide) groups is 1. The van der Waals surface area contributed by atoms with E-state index >= 15 is 0 Å². The molecular weight excluding hydrogens is 327 g/mol. The van der Waals surface area contributed by atoms with E-state index in [4.69, 9.17) is 21.6 Å². The third-order valence-electron chi connectivity index (χ3n) is 2.45. The Labute approximate surface area is 129 Å². The Morgan fingerprint density at radius 2 is 2.14 bits per heavy atom. The molecule has 3 nitrogen and oxygen atoms in total. The summed E-state index contributed by atoms with van der Waals surface area (Å²) in [5, 5.41) is 8.94. The van der Waals surface area contributed by atoms with Crippen molar-refractivity contribution in [3.63, 3.8) is 0 Å². The first-order valence-electron chi connectivity index (χ1n) is 5.84. The van der Waals surface area contributed by atoms with Crippen LogP contribution < -0.4 is 0 Å². The lowest BCUT2D eigenvalue weighted by molar-refractivity contribution is -0.142. The van der Waals surface area contributed by atoms with Crippen LogP contribution in [0.15, 0.2) is 17.0 Å². The van der Waals surface area contributed by atoms with Crippen molar-refractivity contribution in [3.8, 4) is 6.07 Å². The molecule has 21 heavy (non-hydrogen) atoms. The van der Waals surface area contributed by atoms with Gasteiger partial charge in [-0.3, -0.25) is 4.79 Å². The number of esters is 1. The number of nitrogens with zero attached hydrogens (tertiary/aromatic N) is 1. The zero-order valence-corrected chi connectivity index (χ0v) is 12.5. The van der Waals surface area contributed by atoms with Gasteiger partial charge in [-0.25, -0.2) is 0 Å². The first-order chi connectivity index (χ1) is 9.82. The number of hydrogen-bond donors (Lipinski definition) is 0. The van der Waals surface area contributed by atoms with Crippen molar-refractivity contribution in [2.45, 2.75) is 29.6 Å². The maximum atomic E-state index is 12.7. The fraction of sp³-hybridized carbons (Fsp3) is 0.385. The molecule has 0 spiro atoms. The second kappa shape index (κ2) is 7.57. The van der Waals surface area contributed by atoms with E-state index in [2.05, 4.69) is 0 Å². The smallest absolute Gasteiger partial charge is 0.446 e. The van der Waals surface area contributed by atoms with Gasteiger partial charge in [-0.1, -0.05) is 6.07 Å². The van der Waals surface area contributed by atoms with E-state index in [1.807, 2.05) is 0 Å². The Morgan fingerprint density at radius 1 is 1.48 bits per heavy atom. The van der Waals surface area contributed by atoms with Crippen molar-refractivity contribution in [2.75, 3.05) is 6.61 Å². The van der Waals surface area contributed by atoms with Gasteiger partial charge in [0.25, 0.3) is 0 Å². The molecule has 0 atom stereocenters. The molecular formula is C13H11ClF3NO2S. The molecule has 1 aromatic carbocycles. The summed E-state index contributed by atoms with van der Waals surface area (Å²) in [5.41, 5.74) is -4.27. The van der Waals surface area contributed by atoms with Crippen LogP contribution in [0, 0.1) is 11.3 Å². The van der Waals surface area contributed by atoms with Gasteiger partial charge in [-0.05, 0) is 35.9 Å². The number of nitriles is 1. The minimum atomic E-state index is -4.54. The minimum Gasteiger partial charge on any atom is -0.466 e. The van der Waals surface area contributed by atoms with Crippen LogP contribution in [0.3, 0.4) is 0 Å². The number of rotatable bonds is 5. The first kappa shape index (κ1) is 17.7. The molecule has 1 rings (SSSR count). The number of hydrogen-bond acceptors (Lipinski definition) is 4. The molecule has 8 heteroatoms. The van der Waals surface area contributed by atoms with Crippen LogP contribution >= 0.6 is 23.4 Å². The molecule has 0 aromatic heterocycles. The lowest BCUT2D eigenvalue weighted by atomic mass is 10.0. The highest BCUT2D eigenvalue weighted by atomic mass is 35.5. The van der Waals surface area contributed by atoms with Crippen LogP contribution in [0.2, 0.25) is 0 Å². The third kappa shape index (κ3) is 5.14. The molecule has 0 amide bonds. The number of benzene rings is 1. The van der Waals surface area contributed by atoms with E-state index in [1.54, 1.807) is 13.0 Å². The minimum absolute atomic E-state index is 0.0596. The highest BCUT2D eigenvalue weighted by Gasteiger charge is 2.32. The third-order valence-corrected chi connectivity index (χ3v) is 3.67. The molecule has 114 valence electrons. The molecule has 0 aliphatic carbocycles. The van der Waals surface area contributed by atoms with Gasteiger partial charge in [0, 0.05) is 10.8 Å². The van der Waals surface area contributed by atoms with Crippen LogP contribution in [0.5, 0.6) is 0 Å². The average Bonchev–Trinajstić information content (AvgIpc) is 2.39. The second-order valence-electron chi connectivity index (χ2n) is 3.85. The van der Waals surface area contributed by atoms with Crippen LogP contribution in [-0.2, 0) is 21.8 Å². The lowest BCUT2D eigenvalue weighted by Crippen LogP contribution is -2.11. The maximum Gasteiger partial charge on any atom is 0.446 e. The Hall–Kier alpha value is -1.39. The van der Waals surface area contributed by atoms with Gasteiger partial charge in [0.15, 0.2) is 0 Å². The second-order valence-corrected chi connectivity index (χ2v) is 5.20. The Kier molecular flexibility index (Phi) is 6.37. The van der Waals surface area contributed by atoms with Crippen molar-refractivity contribution in [3.05, 3.63) is 28.8 Å². The van der Waals surface area contributed by atoms with Gasteiger partial charge < -0.3 is 4.74 Å². The molecule has 0 heterocycles. The van der Waals surface area contributed by atoms with E-state index in [0.29, 0.717) is 0 Å². The van der Waals surface area contributed by atoms with Crippen molar-refractivity contribution >= 4 is 29.3 Å². The summed E-state index contributed by atoms with van der Waals surface area (Å²) in [7, 11) is 0. The zero-order chi connectivity index (χ0) is 16.0. The topological polar surface area (TPSA) is 50.1 Å². The number of ether oxygens (including phenoxy) is 1. The molecule has 0 saturated heterocycles. The summed E-state index contributed by atoms with van der Waals surface area (Å²) >= 11 is 5.29. The van der Waals surface area contributed by atoms with Gasteiger partial charge in [0.05, 0.1) is 24.7 Å². The Balaban J connectivity index is 3.29. The van der Waals surface area contributed by atoms with Gasteiger partial charge in [-0.2, -0.15) is 18.4 Å². The standard InChI is InChI=1S/C13H11ClF3NO2S/c1-2-20-11(19)5-8-3-4-9(7-18)10(6-14)12(8)21-13(15,16)17/h3-4H,2,5-6H2,1H3. The SMILES string of the molecule is CCOC(=O)Cc1ccc(C#N)c(CCl)c1SC(F)(F)F. The van der Waals surface area contributed by atoms with Crippen LogP contribution in [0.4, 0.5) is 13.2 Å². The fourth-order valence-electron chi connectivity index (χ4n) is 1.66. The van der Waals surface area contributed by atoms with E-state index in [9.17, 15) is 18.0 Å². The molecule has 0 N–H and O–H groups in total. The van der Waals surface area contributed by atoms with Crippen molar-refractivity contribution in [1.29, 1.82) is 5.26 Å². The number of carbonyl (C=O) groups excluding carboxylic acids is 1. The number of halogens is 4. The normalized spacial score (nSPS) is 11.0. The predicted octanol–water partition coefficient (Wildman–Crippen LogP) is 4.01. The van der Waals surface area contributed by atoms with Crippen molar-refractivity contribution in [1.82, 2.24) is 0 Å². The first-order valence-corrected chi connectivity index (χ1v) is 7.19. The zero-order valence-electron chi connectivity index (χ0n) is 11.0. The number of carbonyl (C=O) groups is 1. The summed E-state index contributed by atoms with van der Waals surface area (Å²) in [6.07, 6.45) is -0.304. The van der Waals surface area contributed by atoms with Gasteiger partial charge >= 0.3 is 11.5 Å². The quantitative estimate of drug-likeness (QED) is 0.462. The summed E-state index contributed by atoms with van der Waals surface area (Å²) < 4.78 is 42.8. The Bertz CT molecular complexity index is 570. The number of alkyl halides is 4. The van der Waals surface area contributed by atoms with Gasteiger partial charge in [0.1, 0.15) is 0 Å². The maximum absolute atomic E-state index is 12.7. The van der Waals surface area contributed by atoms with Gasteiger partial charge in [0.2, 0.25) is 0 Å². The highest BCUT2D eigenvalue weighted by Crippen LogP contribution is 2.42. The lowest BCUT2D eigenvalue weighted by Gasteiger charge is -2.15. The van der Waals surface area contributed by atoms with Crippen molar-refractivity contribution < 1.29 is 22.7 Å². The van der Waals surface area contributed by atoms with Crippen molar-refractivity contribution in [2.24, 2.45) is 0 Å². The molecule has 0 radical (unpaired) electrons. The molecule has 1 aromatic rings. The molecule has 0 aliphatic heterocycles. The molecule has 0 unspecified atom stereocenters. The van der Waals surface area contributed by atoms with Gasteiger partial charge in [-0.15, -0.1) is 11.6 Å². The monoisotopic (exact) mass is 337 g/mol. The highest BCUT2D eigenvalue weighted by molar-refractivity contribution is 8.00. The molecule has 0 aliphatic rings. The van der Waals surface area contributed by atoms with E-state index < -0.39 is 11.5 Å². The molecule has 0 fully saturated rings. The summed E-state index contributed by atoms with van der Waals surface area (Å²) in [6.45, 7) is 1.74. The summed E-state index contributed by atoms with van der Waals surface area (Å²) in [5.74, 6) is -0.885. The van der Waals surface area contributed by atoms with Crippen LogP contribution in [0.1, 0.15) is 23.6 Å². The van der Waals surface area contributed by atoms with E-state index in [0.717, 1.165) is 0 Å². The fourth-order valence-corrected chi connectivity index (χ4v) is 2.83. The van der Waals surface area contributed by atoms with E-state index in [-0.39, 0.29) is 52.3 Å². The summed E-state index contributed by atoms with van der Waals surface area (Å²) in [4.78, 5) is 11.3. The largest absolute Gasteiger partial charge is 0.466 e. The summed E-state index contributed by atoms with van der Waals surface area (Å²) in [6, 6.07) is 4.47. The van der Waals surface area contributed by atoms with Crippen LogP contribution in [-0.4, -0.2) is 18.1 Å². The average molecular weight is 338 g/mol. The van der Waals surface area contributed by atoms with E-state index in [1.165, 1.54) is 12.1 Å². The Morgan fingerprint density at radius 3 is 2.62 bits per heavy atom. The molecule has 0 saturated carbocycles. The molecule has 0 bridgehead atoms.